The minimum Gasteiger partial charge on any atom is -0.300 e. The van der Waals surface area contributed by atoms with Gasteiger partial charge < -0.3 is 0 Å². The lowest BCUT2D eigenvalue weighted by molar-refractivity contribution is -0.119. The van der Waals surface area contributed by atoms with Gasteiger partial charge >= 0.3 is 0 Å². The highest BCUT2D eigenvalue weighted by Gasteiger charge is 2.02. The molecule has 2 heteroatoms. The summed E-state index contributed by atoms with van der Waals surface area (Å²) in [6.45, 7) is 4.59. The second-order valence-corrected chi connectivity index (χ2v) is 11.9. The number of Topliss-reactive ketones (excluding diaryl/α,β-unsaturated/α-hetero) is 1. The van der Waals surface area contributed by atoms with Gasteiger partial charge in [-0.1, -0.05) is 194 Å². The van der Waals surface area contributed by atoms with Gasteiger partial charge in [0.25, 0.3) is 0 Å². The molecule has 0 aliphatic carbocycles. The second-order valence-electron chi connectivity index (χ2n) is 11.9. The number of carbonyl (C=O) groups excluding carboxylic acids is 1. The number of hydrogen-bond donors (Lipinski definition) is 0. The number of carbonyl (C=O) groups is 1. The van der Waals surface area contributed by atoms with Crippen molar-refractivity contribution < 1.29 is 10.3 Å². The highest BCUT2D eigenvalue weighted by Crippen LogP contribution is 2.16. The lowest BCUT2D eigenvalue weighted by Gasteiger charge is -2.04. The lowest BCUT2D eigenvalue weighted by Crippen LogP contribution is -1.97. The molecule has 2 radical (unpaired) electrons. The van der Waals surface area contributed by atoms with Gasteiger partial charge in [-0.25, -0.2) is 0 Å². The largest absolute Gasteiger partial charge is 0.300 e. The van der Waals surface area contributed by atoms with E-state index in [1.165, 1.54) is 180 Å². The first-order valence-electron chi connectivity index (χ1n) is 17.3. The van der Waals surface area contributed by atoms with Crippen molar-refractivity contribution in [2.75, 3.05) is 0 Å². The number of unbranched alkanes of at least 4 members (excludes halogenated alkanes) is 28. The van der Waals surface area contributed by atoms with Crippen LogP contribution in [-0.2, 0) is 10.3 Å². The van der Waals surface area contributed by atoms with E-state index in [4.69, 9.17) is 0 Å². The van der Waals surface area contributed by atoms with E-state index < -0.39 is 0 Å². The molecule has 0 heterocycles. The zero-order chi connectivity index (χ0) is 26.2. The molecule has 0 amide bonds. The smallest absolute Gasteiger partial charge is 0.132 e. The molecule has 0 spiro atoms. The van der Waals surface area contributed by atoms with Crippen LogP contribution in [-0.4, -0.2) is 5.78 Å². The monoisotopic (exact) mass is 523 g/mol. The van der Waals surface area contributed by atoms with Crippen LogP contribution in [0.2, 0.25) is 0 Å². The van der Waals surface area contributed by atoms with Crippen molar-refractivity contribution in [1.29, 1.82) is 0 Å². The SMILES string of the molecule is CCCCCCCCCCCCCCCCCC(=O)CCCCCCCCCCCCCCCCC.[O]. The molecule has 0 aromatic rings. The van der Waals surface area contributed by atoms with Crippen molar-refractivity contribution in [3.05, 3.63) is 0 Å². The fourth-order valence-corrected chi connectivity index (χ4v) is 5.51. The van der Waals surface area contributed by atoms with Gasteiger partial charge in [0, 0.05) is 18.3 Å². The van der Waals surface area contributed by atoms with Crippen molar-refractivity contribution in [2.45, 2.75) is 219 Å². The van der Waals surface area contributed by atoms with E-state index in [1.807, 2.05) is 0 Å². The fraction of sp³-hybridized carbons (Fsp3) is 0.971. The zero-order valence-corrected chi connectivity index (χ0v) is 25.9. The molecular formula is C35H70O2. The van der Waals surface area contributed by atoms with Crippen LogP contribution in [0, 0.1) is 0 Å². The first-order valence-corrected chi connectivity index (χ1v) is 17.3. The van der Waals surface area contributed by atoms with Crippen LogP contribution in [0.1, 0.15) is 219 Å². The molecular weight excluding hydrogens is 452 g/mol. The maximum Gasteiger partial charge on any atom is 0.132 e. The Balaban J connectivity index is 0. The van der Waals surface area contributed by atoms with Crippen molar-refractivity contribution in [1.82, 2.24) is 0 Å². The quantitative estimate of drug-likeness (QED) is 0.0810. The Morgan fingerprint density at radius 2 is 0.459 bits per heavy atom. The predicted octanol–water partition coefficient (Wildman–Crippen LogP) is 13.0. The Morgan fingerprint density at radius 1 is 0.297 bits per heavy atom. The summed E-state index contributed by atoms with van der Waals surface area (Å²) in [5.41, 5.74) is 0. The Bertz CT molecular complexity index is 370. The van der Waals surface area contributed by atoms with Crippen molar-refractivity contribution >= 4 is 5.78 Å². The van der Waals surface area contributed by atoms with Crippen LogP contribution in [0.15, 0.2) is 0 Å². The molecule has 0 aliphatic heterocycles. The molecule has 0 N–H and O–H groups in total. The minimum absolute atomic E-state index is 0. The summed E-state index contributed by atoms with van der Waals surface area (Å²) in [6.07, 6.45) is 43.4. The number of ketones is 1. The topological polar surface area (TPSA) is 45.6 Å². The van der Waals surface area contributed by atoms with Crippen LogP contribution >= 0.6 is 0 Å². The highest BCUT2D eigenvalue weighted by molar-refractivity contribution is 5.78. The Morgan fingerprint density at radius 3 is 0.649 bits per heavy atom. The molecule has 0 atom stereocenters. The zero-order valence-electron chi connectivity index (χ0n) is 25.9. The third kappa shape index (κ3) is 35.6. The highest BCUT2D eigenvalue weighted by atomic mass is 16.1. The standard InChI is InChI=1S/C35H70O.O/c1-3-5-7-9-11-13-15-17-19-21-23-25-27-29-31-33-35(36)34-32-30-28-26-24-22-20-18-16-14-12-10-8-6-4-2;/h3-34H2,1-2H3;. The molecule has 0 saturated heterocycles. The van der Waals surface area contributed by atoms with Crippen molar-refractivity contribution in [2.24, 2.45) is 0 Å². The molecule has 0 bridgehead atoms. The van der Waals surface area contributed by atoms with Crippen molar-refractivity contribution in [3.8, 4) is 0 Å². The normalized spacial score (nSPS) is 11.1. The van der Waals surface area contributed by atoms with Crippen LogP contribution in [0.25, 0.3) is 0 Å². The average molecular weight is 523 g/mol. The number of rotatable bonds is 32. The van der Waals surface area contributed by atoms with E-state index in [9.17, 15) is 4.79 Å². The summed E-state index contributed by atoms with van der Waals surface area (Å²) >= 11 is 0. The van der Waals surface area contributed by atoms with E-state index in [2.05, 4.69) is 13.8 Å². The molecule has 2 nitrogen and oxygen atoms in total. The van der Waals surface area contributed by atoms with Gasteiger partial charge in [0.1, 0.15) is 5.78 Å². The van der Waals surface area contributed by atoms with E-state index in [1.54, 1.807) is 0 Å². The molecule has 0 fully saturated rings. The third-order valence-electron chi connectivity index (χ3n) is 8.12. The molecule has 0 aromatic heterocycles. The molecule has 0 saturated carbocycles. The maximum atomic E-state index is 12.1. The summed E-state index contributed by atoms with van der Waals surface area (Å²) in [7, 11) is 0. The Labute approximate surface area is 235 Å². The predicted molar refractivity (Wildman–Crippen MR) is 165 cm³/mol. The molecule has 0 aliphatic rings. The third-order valence-corrected chi connectivity index (χ3v) is 8.12. The summed E-state index contributed by atoms with van der Waals surface area (Å²) in [5, 5.41) is 0. The van der Waals surface area contributed by atoms with E-state index in [-0.39, 0.29) is 5.48 Å². The van der Waals surface area contributed by atoms with Gasteiger partial charge in [0.15, 0.2) is 0 Å². The van der Waals surface area contributed by atoms with Crippen LogP contribution in [0.4, 0.5) is 0 Å². The Hall–Kier alpha value is -0.370. The van der Waals surface area contributed by atoms with Crippen molar-refractivity contribution in [3.63, 3.8) is 0 Å². The van der Waals surface area contributed by atoms with E-state index in [0.29, 0.717) is 5.78 Å². The lowest BCUT2D eigenvalue weighted by atomic mass is 10.0. The maximum absolute atomic E-state index is 12.1. The summed E-state index contributed by atoms with van der Waals surface area (Å²) in [4.78, 5) is 12.1. The summed E-state index contributed by atoms with van der Waals surface area (Å²) < 4.78 is 0. The van der Waals surface area contributed by atoms with Gasteiger partial charge in [0.05, 0.1) is 0 Å². The van der Waals surface area contributed by atoms with Gasteiger partial charge in [0.2, 0.25) is 0 Å². The van der Waals surface area contributed by atoms with Gasteiger partial charge in [-0.3, -0.25) is 4.79 Å². The second kappa shape index (κ2) is 35.6. The van der Waals surface area contributed by atoms with E-state index >= 15 is 0 Å². The Kier molecular flexibility index (Phi) is 37.3. The van der Waals surface area contributed by atoms with Crippen LogP contribution in [0.3, 0.4) is 0 Å². The van der Waals surface area contributed by atoms with E-state index in [0.717, 1.165) is 25.7 Å². The van der Waals surface area contributed by atoms with Gasteiger partial charge in [-0.2, -0.15) is 0 Å². The molecule has 0 aromatic carbocycles. The minimum atomic E-state index is 0. The van der Waals surface area contributed by atoms with Gasteiger partial charge in [-0.15, -0.1) is 0 Å². The molecule has 37 heavy (non-hydrogen) atoms. The van der Waals surface area contributed by atoms with Crippen LogP contribution in [0.5, 0.6) is 0 Å². The first kappa shape index (κ1) is 38.8. The van der Waals surface area contributed by atoms with Gasteiger partial charge in [-0.05, 0) is 12.8 Å². The van der Waals surface area contributed by atoms with Crippen LogP contribution < -0.4 is 0 Å². The first-order chi connectivity index (χ1) is 17.8. The fourth-order valence-electron chi connectivity index (χ4n) is 5.51. The summed E-state index contributed by atoms with van der Waals surface area (Å²) in [6, 6.07) is 0. The number of hydrogen-bond acceptors (Lipinski definition) is 1. The molecule has 0 rings (SSSR count). The molecule has 0 unspecified atom stereocenters. The average Bonchev–Trinajstić information content (AvgIpc) is 2.88. The molecule has 222 valence electrons. The summed E-state index contributed by atoms with van der Waals surface area (Å²) in [5.74, 6) is 0.527.